The number of aliphatic hydroxyl groups is 1. The van der Waals surface area contributed by atoms with Crippen molar-refractivity contribution in [2.24, 2.45) is 0 Å². The van der Waals surface area contributed by atoms with Crippen LogP contribution < -0.4 is 0 Å². The van der Waals surface area contributed by atoms with Crippen LogP contribution in [0, 0.1) is 6.57 Å². The van der Waals surface area contributed by atoms with Gasteiger partial charge in [0.25, 0.3) is 0 Å². The summed E-state index contributed by atoms with van der Waals surface area (Å²) in [7, 11) is 0. The fourth-order valence-corrected chi connectivity index (χ4v) is 1.88. The second-order valence-corrected chi connectivity index (χ2v) is 4.81. The number of nitrogens with zero attached hydrogens (tertiary/aromatic N) is 1. The van der Waals surface area contributed by atoms with Crippen LogP contribution in [-0.4, -0.2) is 11.3 Å². The molecule has 0 aliphatic heterocycles. The van der Waals surface area contributed by atoms with Crippen molar-refractivity contribution in [2.45, 2.75) is 18.7 Å². The van der Waals surface area contributed by atoms with E-state index in [2.05, 4.69) is 4.85 Å². The Kier molecular flexibility index (Phi) is 3.75. The quantitative estimate of drug-likeness (QED) is 0.799. The van der Waals surface area contributed by atoms with Crippen LogP contribution in [-0.2, 0) is 5.60 Å². The highest BCUT2D eigenvalue weighted by molar-refractivity contribution is 5.66. The summed E-state index contributed by atoms with van der Waals surface area (Å²) in [6, 6.07) is 12.3. The Labute approximate surface area is 120 Å². The minimum absolute atomic E-state index is 0.212. The van der Waals surface area contributed by atoms with Gasteiger partial charge < -0.3 is 5.11 Å². The lowest BCUT2D eigenvalue weighted by molar-refractivity contribution is -0.258. The monoisotopic (exact) mass is 291 g/mol. The molecular weight excluding hydrogens is 279 g/mol. The van der Waals surface area contributed by atoms with Crippen LogP contribution in [0.5, 0.6) is 0 Å². The van der Waals surface area contributed by atoms with Gasteiger partial charge in [0.05, 0.1) is 6.57 Å². The van der Waals surface area contributed by atoms with Crippen LogP contribution in [0.1, 0.15) is 12.5 Å². The summed E-state index contributed by atoms with van der Waals surface area (Å²) in [5.74, 6) is 0. The van der Waals surface area contributed by atoms with Gasteiger partial charge in [-0.1, -0.05) is 48.5 Å². The maximum atomic E-state index is 12.7. The minimum Gasteiger partial charge on any atom is -0.376 e. The molecular formula is C16H12F3NO. The summed E-state index contributed by atoms with van der Waals surface area (Å²) in [6.45, 7) is 7.59. The van der Waals surface area contributed by atoms with Crippen LogP contribution in [0.25, 0.3) is 16.0 Å². The van der Waals surface area contributed by atoms with E-state index < -0.39 is 11.8 Å². The van der Waals surface area contributed by atoms with E-state index in [1.165, 1.54) is 24.3 Å². The molecule has 1 unspecified atom stereocenters. The number of benzene rings is 2. The third-order valence-electron chi connectivity index (χ3n) is 3.33. The molecule has 2 aromatic carbocycles. The maximum Gasteiger partial charge on any atom is 0.421 e. The van der Waals surface area contributed by atoms with E-state index in [1.807, 2.05) is 0 Å². The second kappa shape index (κ2) is 5.23. The SMILES string of the molecule is [C-]#[N+]c1ccc(-c2ccc(C(C)(O)C(F)(F)F)cc2)cc1. The molecule has 0 radical (unpaired) electrons. The zero-order valence-corrected chi connectivity index (χ0v) is 11.1. The Morgan fingerprint density at radius 1 is 0.905 bits per heavy atom. The van der Waals surface area contributed by atoms with Crippen molar-refractivity contribution in [3.8, 4) is 11.1 Å². The van der Waals surface area contributed by atoms with Gasteiger partial charge in [-0.15, -0.1) is 0 Å². The molecule has 5 heteroatoms. The first-order valence-electron chi connectivity index (χ1n) is 6.13. The van der Waals surface area contributed by atoms with Crippen LogP contribution in [0.2, 0.25) is 0 Å². The van der Waals surface area contributed by atoms with Gasteiger partial charge in [0.2, 0.25) is 0 Å². The highest BCUT2D eigenvalue weighted by Gasteiger charge is 2.51. The fraction of sp³-hybridized carbons (Fsp3) is 0.188. The average Bonchev–Trinajstić information content (AvgIpc) is 2.46. The predicted octanol–water partition coefficient (Wildman–Crippen LogP) is 4.67. The van der Waals surface area contributed by atoms with E-state index in [1.54, 1.807) is 24.3 Å². The van der Waals surface area contributed by atoms with Gasteiger partial charge in [0, 0.05) is 0 Å². The van der Waals surface area contributed by atoms with Crippen molar-refractivity contribution in [3.05, 3.63) is 65.5 Å². The number of hydrogen-bond acceptors (Lipinski definition) is 1. The smallest absolute Gasteiger partial charge is 0.376 e. The Morgan fingerprint density at radius 2 is 1.33 bits per heavy atom. The molecule has 0 aliphatic rings. The minimum atomic E-state index is -4.73. The number of hydrogen-bond donors (Lipinski definition) is 1. The molecule has 1 N–H and O–H groups in total. The average molecular weight is 291 g/mol. The largest absolute Gasteiger partial charge is 0.421 e. The summed E-state index contributed by atoms with van der Waals surface area (Å²) in [4.78, 5) is 3.27. The van der Waals surface area contributed by atoms with Crippen LogP contribution >= 0.6 is 0 Å². The van der Waals surface area contributed by atoms with Gasteiger partial charge in [-0.3, -0.25) is 0 Å². The van der Waals surface area contributed by atoms with E-state index in [0.717, 1.165) is 12.5 Å². The van der Waals surface area contributed by atoms with Crippen molar-refractivity contribution >= 4 is 5.69 Å². The highest BCUT2D eigenvalue weighted by Crippen LogP contribution is 2.38. The first kappa shape index (κ1) is 15.1. The molecule has 0 spiro atoms. The van der Waals surface area contributed by atoms with E-state index in [9.17, 15) is 18.3 Å². The first-order chi connectivity index (χ1) is 9.75. The molecule has 0 heterocycles. The van der Waals surface area contributed by atoms with Gasteiger partial charge in [-0.25, -0.2) is 4.85 Å². The number of rotatable bonds is 2. The molecule has 1 atom stereocenters. The molecule has 0 bridgehead atoms. The molecule has 2 nitrogen and oxygen atoms in total. The molecule has 0 aliphatic carbocycles. The molecule has 21 heavy (non-hydrogen) atoms. The van der Waals surface area contributed by atoms with Crippen molar-refractivity contribution in [3.63, 3.8) is 0 Å². The lowest BCUT2D eigenvalue weighted by Crippen LogP contribution is -2.39. The Bertz CT molecular complexity index is 665. The summed E-state index contributed by atoms with van der Waals surface area (Å²) in [5.41, 5.74) is -1.08. The third kappa shape index (κ3) is 2.91. The van der Waals surface area contributed by atoms with Gasteiger partial charge in [-0.2, -0.15) is 13.2 Å². The van der Waals surface area contributed by atoms with Crippen LogP contribution in [0.4, 0.5) is 18.9 Å². The summed E-state index contributed by atoms with van der Waals surface area (Å²) < 4.78 is 38.2. The molecule has 0 amide bonds. The topological polar surface area (TPSA) is 24.6 Å². The first-order valence-corrected chi connectivity index (χ1v) is 6.13. The third-order valence-corrected chi connectivity index (χ3v) is 3.33. The number of halogens is 3. The molecule has 0 saturated carbocycles. The summed E-state index contributed by atoms with van der Waals surface area (Å²) in [6.07, 6.45) is -4.73. The zero-order valence-electron chi connectivity index (χ0n) is 11.1. The van der Waals surface area contributed by atoms with Gasteiger partial charge in [0.15, 0.2) is 11.3 Å². The van der Waals surface area contributed by atoms with Crippen molar-refractivity contribution < 1.29 is 18.3 Å². The van der Waals surface area contributed by atoms with Crippen LogP contribution in [0.15, 0.2) is 48.5 Å². The summed E-state index contributed by atoms with van der Waals surface area (Å²) in [5, 5.41) is 9.59. The van der Waals surface area contributed by atoms with Crippen molar-refractivity contribution in [1.29, 1.82) is 0 Å². The van der Waals surface area contributed by atoms with E-state index >= 15 is 0 Å². The Morgan fingerprint density at radius 3 is 1.71 bits per heavy atom. The van der Waals surface area contributed by atoms with E-state index in [4.69, 9.17) is 6.57 Å². The maximum absolute atomic E-state index is 12.7. The van der Waals surface area contributed by atoms with E-state index in [-0.39, 0.29) is 5.56 Å². The second-order valence-electron chi connectivity index (χ2n) is 4.81. The lowest BCUT2D eigenvalue weighted by atomic mass is 9.93. The molecule has 2 aromatic rings. The fourth-order valence-electron chi connectivity index (χ4n) is 1.88. The van der Waals surface area contributed by atoms with Gasteiger partial charge in [-0.05, 0) is 23.6 Å². The number of alkyl halides is 3. The van der Waals surface area contributed by atoms with Crippen LogP contribution in [0.3, 0.4) is 0 Å². The van der Waals surface area contributed by atoms with E-state index in [0.29, 0.717) is 11.3 Å². The molecule has 0 aromatic heterocycles. The van der Waals surface area contributed by atoms with Gasteiger partial charge in [0.1, 0.15) is 0 Å². The lowest BCUT2D eigenvalue weighted by Gasteiger charge is -2.26. The van der Waals surface area contributed by atoms with Crippen molar-refractivity contribution in [1.82, 2.24) is 0 Å². The predicted molar refractivity (Wildman–Crippen MR) is 73.8 cm³/mol. The highest BCUT2D eigenvalue weighted by atomic mass is 19.4. The van der Waals surface area contributed by atoms with Crippen molar-refractivity contribution in [2.75, 3.05) is 0 Å². The molecule has 108 valence electrons. The molecule has 0 fully saturated rings. The summed E-state index contributed by atoms with van der Waals surface area (Å²) >= 11 is 0. The van der Waals surface area contributed by atoms with Gasteiger partial charge >= 0.3 is 6.18 Å². The molecule has 0 saturated heterocycles. The Hall–Kier alpha value is -2.32. The molecule has 2 rings (SSSR count). The standard InChI is InChI=1S/C16H12F3NO/c1-15(21,16(17,18)19)13-7-3-11(4-8-13)12-5-9-14(20-2)10-6-12/h3-10,21H,1H3. The zero-order chi connectivity index (χ0) is 15.7. The normalized spacial score (nSPS) is 14.3. The Balaban J connectivity index is 2.33.